The van der Waals surface area contributed by atoms with E-state index < -0.39 is 6.10 Å². The molecule has 0 radical (unpaired) electrons. The molecule has 114 valence electrons. The highest BCUT2D eigenvalue weighted by atomic mass is 32.2. The Hall–Kier alpha value is -0.550. The van der Waals surface area contributed by atoms with Crippen molar-refractivity contribution in [2.24, 2.45) is 0 Å². The molecule has 1 rings (SSSR count). The molecule has 1 atom stereocenters. The summed E-state index contributed by atoms with van der Waals surface area (Å²) in [5.41, 5.74) is 1.50. The van der Waals surface area contributed by atoms with Crippen LogP contribution in [0.15, 0.2) is 29.2 Å². The van der Waals surface area contributed by atoms with Gasteiger partial charge in [-0.2, -0.15) is 0 Å². The second-order valence-corrected chi connectivity index (χ2v) is 6.90. The first-order valence-corrected chi connectivity index (χ1v) is 7.90. The van der Waals surface area contributed by atoms with E-state index in [0.717, 1.165) is 0 Å². The van der Waals surface area contributed by atoms with Gasteiger partial charge in [0.25, 0.3) is 0 Å². The van der Waals surface area contributed by atoms with Crippen molar-refractivity contribution in [3.63, 3.8) is 0 Å². The first-order chi connectivity index (χ1) is 9.43. The summed E-state index contributed by atoms with van der Waals surface area (Å²) in [4.78, 5) is 1.17. The molecule has 1 unspecified atom stereocenters. The molecule has 4 heteroatoms. The molecule has 0 heterocycles. The van der Waals surface area contributed by atoms with E-state index in [1.807, 2.05) is 0 Å². The van der Waals surface area contributed by atoms with Crippen LogP contribution in [0.5, 0.6) is 0 Å². The molecule has 0 fully saturated rings. The van der Waals surface area contributed by atoms with E-state index in [-0.39, 0.29) is 5.41 Å². The fourth-order valence-corrected chi connectivity index (χ4v) is 2.46. The van der Waals surface area contributed by atoms with Crippen LogP contribution in [0.4, 0.5) is 0 Å². The summed E-state index contributed by atoms with van der Waals surface area (Å²) in [6.45, 7) is 8.06. The van der Waals surface area contributed by atoms with Crippen LogP contribution in [0.3, 0.4) is 0 Å². The van der Waals surface area contributed by atoms with E-state index in [0.29, 0.717) is 25.6 Å². The quantitative estimate of drug-likeness (QED) is 0.591. The molecule has 1 aromatic carbocycles. The fraction of sp³-hybridized carbons (Fsp3) is 0.625. The van der Waals surface area contributed by atoms with Crippen molar-refractivity contribution in [3.8, 4) is 0 Å². The summed E-state index contributed by atoms with van der Waals surface area (Å²) in [6, 6.07) is 8.54. The number of hydrogen-bond acceptors (Lipinski definition) is 4. The van der Waals surface area contributed by atoms with Crippen LogP contribution in [0.1, 0.15) is 26.3 Å². The van der Waals surface area contributed by atoms with E-state index in [4.69, 9.17) is 9.47 Å². The number of thioether (sulfide) groups is 1. The van der Waals surface area contributed by atoms with Crippen LogP contribution in [-0.4, -0.2) is 43.9 Å². The minimum absolute atomic E-state index is 0.178. The standard InChI is InChI=1S/C16H26O3S/c1-16(2,3)13-5-7-15(8-6-13)20-12-14(17)11-19-10-9-18-4/h5-8,14,17H,9-12H2,1-4H3. The number of aliphatic hydroxyl groups is 1. The highest BCUT2D eigenvalue weighted by Gasteiger charge is 2.13. The Kier molecular flexibility index (Phi) is 7.59. The maximum atomic E-state index is 9.81. The zero-order chi connectivity index (χ0) is 15.0. The van der Waals surface area contributed by atoms with E-state index >= 15 is 0 Å². The third-order valence-corrected chi connectivity index (χ3v) is 4.06. The lowest BCUT2D eigenvalue weighted by molar-refractivity contribution is 0.0218. The number of aliphatic hydroxyl groups excluding tert-OH is 1. The fourth-order valence-electron chi connectivity index (χ4n) is 1.65. The van der Waals surface area contributed by atoms with Gasteiger partial charge in [0.15, 0.2) is 0 Å². The number of methoxy groups -OCH3 is 1. The molecule has 0 aliphatic heterocycles. The average Bonchev–Trinajstić information content (AvgIpc) is 2.41. The average molecular weight is 298 g/mol. The second kappa shape index (κ2) is 8.67. The van der Waals surface area contributed by atoms with E-state index in [2.05, 4.69) is 45.0 Å². The van der Waals surface area contributed by atoms with Gasteiger partial charge in [-0.1, -0.05) is 32.9 Å². The lowest BCUT2D eigenvalue weighted by atomic mass is 9.87. The zero-order valence-electron chi connectivity index (χ0n) is 12.9. The molecule has 0 aliphatic rings. The number of benzene rings is 1. The van der Waals surface area contributed by atoms with Gasteiger partial charge in [-0.05, 0) is 23.1 Å². The minimum atomic E-state index is -0.445. The summed E-state index contributed by atoms with van der Waals surface area (Å²) in [6.07, 6.45) is -0.445. The molecular formula is C16H26O3S. The Bertz CT molecular complexity index is 370. The van der Waals surface area contributed by atoms with Gasteiger partial charge in [-0.3, -0.25) is 0 Å². The van der Waals surface area contributed by atoms with Crippen LogP contribution < -0.4 is 0 Å². The monoisotopic (exact) mass is 298 g/mol. The minimum Gasteiger partial charge on any atom is -0.390 e. The van der Waals surface area contributed by atoms with Crippen LogP contribution in [0, 0.1) is 0 Å². The van der Waals surface area contributed by atoms with Crippen molar-refractivity contribution in [2.45, 2.75) is 37.2 Å². The number of hydrogen-bond donors (Lipinski definition) is 1. The number of ether oxygens (including phenoxy) is 2. The van der Waals surface area contributed by atoms with E-state index in [9.17, 15) is 5.11 Å². The molecule has 0 bridgehead atoms. The first-order valence-electron chi connectivity index (χ1n) is 6.91. The lowest BCUT2D eigenvalue weighted by Gasteiger charge is -2.19. The molecule has 0 spiro atoms. The Balaban J connectivity index is 2.31. The van der Waals surface area contributed by atoms with Crippen molar-refractivity contribution in [1.29, 1.82) is 0 Å². The Morgan fingerprint density at radius 2 is 1.80 bits per heavy atom. The van der Waals surface area contributed by atoms with Gasteiger partial charge in [0, 0.05) is 17.8 Å². The van der Waals surface area contributed by atoms with E-state index in [1.165, 1.54) is 10.5 Å². The largest absolute Gasteiger partial charge is 0.390 e. The van der Waals surface area contributed by atoms with Crippen molar-refractivity contribution >= 4 is 11.8 Å². The molecule has 0 aliphatic carbocycles. The third-order valence-electron chi connectivity index (χ3n) is 2.90. The Morgan fingerprint density at radius 3 is 2.35 bits per heavy atom. The SMILES string of the molecule is COCCOCC(O)CSc1ccc(C(C)(C)C)cc1. The van der Waals surface area contributed by atoms with Crippen LogP contribution >= 0.6 is 11.8 Å². The molecule has 0 amide bonds. The molecule has 1 N–H and O–H groups in total. The summed E-state index contributed by atoms with van der Waals surface area (Å²) < 4.78 is 10.2. The first kappa shape index (κ1) is 17.5. The predicted octanol–water partition coefficient (Wildman–Crippen LogP) is 3.10. The van der Waals surface area contributed by atoms with Crippen LogP contribution in [0.25, 0.3) is 0 Å². The second-order valence-electron chi connectivity index (χ2n) is 5.81. The van der Waals surface area contributed by atoms with Crippen molar-refractivity contribution in [3.05, 3.63) is 29.8 Å². The van der Waals surface area contributed by atoms with Crippen LogP contribution in [0.2, 0.25) is 0 Å². The molecule has 1 aromatic rings. The summed E-state index contributed by atoms with van der Waals surface area (Å²) in [7, 11) is 1.64. The molecule has 0 saturated carbocycles. The maximum absolute atomic E-state index is 9.81. The van der Waals surface area contributed by atoms with Gasteiger partial charge in [-0.15, -0.1) is 11.8 Å². The van der Waals surface area contributed by atoms with Crippen molar-refractivity contribution in [1.82, 2.24) is 0 Å². The van der Waals surface area contributed by atoms with Crippen LogP contribution in [-0.2, 0) is 14.9 Å². The topological polar surface area (TPSA) is 38.7 Å². The molecular weight excluding hydrogens is 272 g/mol. The molecule has 3 nitrogen and oxygen atoms in total. The van der Waals surface area contributed by atoms with Gasteiger partial charge >= 0.3 is 0 Å². The highest BCUT2D eigenvalue weighted by molar-refractivity contribution is 7.99. The predicted molar refractivity (Wildman–Crippen MR) is 84.6 cm³/mol. The number of rotatable bonds is 8. The van der Waals surface area contributed by atoms with Gasteiger partial charge < -0.3 is 14.6 Å². The van der Waals surface area contributed by atoms with Crippen molar-refractivity contribution in [2.75, 3.05) is 32.7 Å². The summed E-state index contributed by atoms with van der Waals surface area (Å²) in [5.74, 6) is 0.641. The smallest absolute Gasteiger partial charge is 0.0867 e. The zero-order valence-corrected chi connectivity index (χ0v) is 13.7. The third kappa shape index (κ3) is 6.75. The Morgan fingerprint density at radius 1 is 1.15 bits per heavy atom. The highest BCUT2D eigenvalue weighted by Crippen LogP contribution is 2.25. The summed E-state index contributed by atoms with van der Waals surface area (Å²) >= 11 is 1.65. The molecule has 0 aromatic heterocycles. The van der Waals surface area contributed by atoms with Crippen molar-refractivity contribution < 1.29 is 14.6 Å². The summed E-state index contributed by atoms with van der Waals surface area (Å²) in [5, 5.41) is 9.81. The van der Waals surface area contributed by atoms with Gasteiger partial charge in [0.1, 0.15) is 0 Å². The van der Waals surface area contributed by atoms with E-state index in [1.54, 1.807) is 18.9 Å². The van der Waals surface area contributed by atoms with Gasteiger partial charge in [0.05, 0.1) is 25.9 Å². The normalized spacial score (nSPS) is 13.4. The maximum Gasteiger partial charge on any atom is 0.0867 e. The molecule has 0 saturated heterocycles. The van der Waals surface area contributed by atoms with Gasteiger partial charge in [-0.25, -0.2) is 0 Å². The van der Waals surface area contributed by atoms with Gasteiger partial charge in [0.2, 0.25) is 0 Å². The molecule has 20 heavy (non-hydrogen) atoms. The Labute approximate surface area is 126 Å². The lowest BCUT2D eigenvalue weighted by Crippen LogP contribution is -2.19.